The molecule has 21 heavy (non-hydrogen) atoms. The van der Waals surface area contributed by atoms with Gasteiger partial charge in [0.25, 0.3) is 0 Å². The first-order valence-corrected chi connectivity index (χ1v) is 8.79. The van der Waals surface area contributed by atoms with Crippen molar-refractivity contribution in [2.45, 2.75) is 69.9 Å². The Morgan fingerprint density at radius 2 is 1.76 bits per heavy atom. The lowest BCUT2D eigenvalue weighted by Gasteiger charge is -2.24. The molecule has 2 heteroatoms. The zero-order valence-corrected chi connectivity index (χ0v) is 13.3. The largest absolute Gasteiger partial charge is 0.490 e. The Balaban J connectivity index is 1.51. The average molecular weight is 287 g/mol. The van der Waals surface area contributed by atoms with Gasteiger partial charge in [-0.05, 0) is 56.3 Å². The normalized spacial score (nSPS) is 21.2. The van der Waals surface area contributed by atoms with Crippen molar-refractivity contribution in [2.24, 2.45) is 5.92 Å². The first-order valence-electron chi connectivity index (χ1n) is 8.79. The Labute approximate surface area is 129 Å². The zero-order chi connectivity index (χ0) is 14.5. The molecule has 0 aliphatic heterocycles. The molecule has 3 rings (SSSR count). The molecule has 1 aromatic carbocycles. The Morgan fingerprint density at radius 1 is 1.05 bits per heavy atom. The summed E-state index contributed by atoms with van der Waals surface area (Å²) < 4.78 is 5.83. The lowest BCUT2D eigenvalue weighted by molar-refractivity contribution is 0.302. The molecule has 0 aromatic heterocycles. The summed E-state index contributed by atoms with van der Waals surface area (Å²) in [6.45, 7) is 0. The second kappa shape index (κ2) is 7.31. The molecule has 1 N–H and O–H groups in total. The van der Waals surface area contributed by atoms with Crippen molar-refractivity contribution >= 4 is 0 Å². The molecule has 116 valence electrons. The van der Waals surface area contributed by atoms with E-state index in [1.54, 1.807) is 0 Å². The molecule has 0 amide bonds. The number of benzene rings is 1. The molecule has 2 fully saturated rings. The van der Waals surface area contributed by atoms with Gasteiger partial charge in [-0.25, -0.2) is 0 Å². The minimum absolute atomic E-state index is 0.488. The van der Waals surface area contributed by atoms with E-state index in [0.717, 1.165) is 11.7 Å². The first-order chi connectivity index (χ1) is 10.3. The maximum Gasteiger partial charge on any atom is 0.119 e. The van der Waals surface area contributed by atoms with Gasteiger partial charge in [-0.1, -0.05) is 44.2 Å². The lowest BCUT2D eigenvalue weighted by Crippen LogP contribution is -2.18. The topological polar surface area (TPSA) is 21.3 Å². The van der Waals surface area contributed by atoms with Crippen LogP contribution in [0.15, 0.2) is 24.3 Å². The number of nitrogens with one attached hydrogen (secondary N) is 1. The van der Waals surface area contributed by atoms with Gasteiger partial charge in [-0.3, -0.25) is 0 Å². The second-order valence-electron chi connectivity index (χ2n) is 6.81. The van der Waals surface area contributed by atoms with E-state index < -0.39 is 0 Å². The molecular weight excluding hydrogens is 258 g/mol. The average Bonchev–Trinajstić information content (AvgIpc) is 3.34. The molecular formula is C19H29NO. The van der Waals surface area contributed by atoms with E-state index in [1.165, 1.54) is 63.4 Å². The number of rotatable bonds is 7. The molecule has 0 heterocycles. The molecule has 0 spiro atoms. The lowest BCUT2D eigenvalue weighted by atomic mass is 9.84. The van der Waals surface area contributed by atoms with Gasteiger partial charge in [-0.2, -0.15) is 0 Å². The van der Waals surface area contributed by atoms with Crippen LogP contribution >= 0.6 is 0 Å². The molecule has 2 aliphatic carbocycles. The summed E-state index contributed by atoms with van der Waals surface area (Å²) in [5.74, 6) is 2.00. The Hall–Kier alpha value is -1.02. The molecule has 1 aromatic rings. The molecule has 0 radical (unpaired) electrons. The smallest absolute Gasteiger partial charge is 0.119 e. The summed E-state index contributed by atoms with van der Waals surface area (Å²) in [5, 5.41) is 3.49. The van der Waals surface area contributed by atoms with E-state index in [2.05, 4.69) is 36.6 Å². The van der Waals surface area contributed by atoms with Crippen molar-refractivity contribution in [1.29, 1.82) is 0 Å². The SMILES string of the molecule is CNC(CCC1CCCCC1)c1ccc(OC2CC2)cc1. The quantitative estimate of drug-likeness (QED) is 0.774. The highest BCUT2D eigenvalue weighted by Crippen LogP contribution is 2.31. The fourth-order valence-corrected chi connectivity index (χ4v) is 3.51. The fraction of sp³-hybridized carbons (Fsp3) is 0.684. The van der Waals surface area contributed by atoms with Crippen LogP contribution in [0, 0.1) is 5.92 Å². The molecule has 2 aliphatic rings. The number of hydrogen-bond donors (Lipinski definition) is 1. The van der Waals surface area contributed by atoms with Gasteiger partial charge in [0, 0.05) is 6.04 Å². The number of hydrogen-bond acceptors (Lipinski definition) is 2. The van der Waals surface area contributed by atoms with Gasteiger partial charge >= 0.3 is 0 Å². The molecule has 1 unspecified atom stereocenters. The third-order valence-electron chi connectivity index (χ3n) is 5.05. The van der Waals surface area contributed by atoms with Gasteiger partial charge < -0.3 is 10.1 Å². The molecule has 2 saturated carbocycles. The fourth-order valence-electron chi connectivity index (χ4n) is 3.51. The highest BCUT2D eigenvalue weighted by Gasteiger charge is 2.23. The molecule has 0 bridgehead atoms. The summed E-state index contributed by atoms with van der Waals surface area (Å²) >= 11 is 0. The third-order valence-corrected chi connectivity index (χ3v) is 5.05. The van der Waals surface area contributed by atoms with Crippen molar-refractivity contribution in [2.75, 3.05) is 7.05 Å². The predicted octanol–water partition coefficient (Wildman–Crippen LogP) is 4.85. The van der Waals surface area contributed by atoms with Crippen LogP contribution in [-0.2, 0) is 0 Å². The summed E-state index contributed by atoms with van der Waals surface area (Å²) in [6, 6.07) is 9.23. The minimum Gasteiger partial charge on any atom is -0.490 e. The monoisotopic (exact) mass is 287 g/mol. The van der Waals surface area contributed by atoms with E-state index in [-0.39, 0.29) is 0 Å². The molecule has 2 nitrogen and oxygen atoms in total. The van der Waals surface area contributed by atoms with Gasteiger partial charge in [0.05, 0.1) is 6.10 Å². The van der Waals surface area contributed by atoms with E-state index in [9.17, 15) is 0 Å². The van der Waals surface area contributed by atoms with Gasteiger partial charge in [0.1, 0.15) is 5.75 Å². The summed E-state index contributed by atoms with van der Waals surface area (Å²) in [5.41, 5.74) is 1.40. The first kappa shape index (κ1) is 14.9. The van der Waals surface area contributed by atoms with Crippen LogP contribution in [0.4, 0.5) is 0 Å². The summed E-state index contributed by atoms with van der Waals surface area (Å²) in [4.78, 5) is 0. The van der Waals surface area contributed by atoms with Crippen LogP contribution in [0.3, 0.4) is 0 Å². The van der Waals surface area contributed by atoms with E-state index >= 15 is 0 Å². The zero-order valence-electron chi connectivity index (χ0n) is 13.3. The van der Waals surface area contributed by atoms with E-state index in [1.807, 2.05) is 0 Å². The van der Waals surface area contributed by atoms with Crippen molar-refractivity contribution in [3.63, 3.8) is 0 Å². The van der Waals surface area contributed by atoms with E-state index in [4.69, 9.17) is 4.74 Å². The summed E-state index contributed by atoms with van der Waals surface area (Å²) in [7, 11) is 2.08. The van der Waals surface area contributed by atoms with Crippen LogP contribution < -0.4 is 10.1 Å². The molecule has 1 atom stereocenters. The van der Waals surface area contributed by atoms with E-state index in [0.29, 0.717) is 12.1 Å². The van der Waals surface area contributed by atoms with Crippen LogP contribution in [-0.4, -0.2) is 13.2 Å². The van der Waals surface area contributed by atoms with Crippen LogP contribution in [0.25, 0.3) is 0 Å². The third kappa shape index (κ3) is 4.47. The number of ether oxygens (including phenoxy) is 1. The van der Waals surface area contributed by atoms with Crippen LogP contribution in [0.2, 0.25) is 0 Å². The van der Waals surface area contributed by atoms with Gasteiger partial charge in [0.15, 0.2) is 0 Å². The standard InChI is InChI=1S/C19H29NO/c1-20-19(14-7-15-5-3-2-4-6-15)16-8-10-17(11-9-16)21-18-12-13-18/h8-11,15,18-20H,2-7,12-14H2,1H3. The maximum absolute atomic E-state index is 5.83. The predicted molar refractivity (Wildman–Crippen MR) is 87.7 cm³/mol. The van der Waals surface area contributed by atoms with Crippen LogP contribution in [0.1, 0.15) is 69.4 Å². The highest BCUT2D eigenvalue weighted by molar-refractivity contribution is 5.29. The molecule has 0 saturated heterocycles. The Morgan fingerprint density at radius 3 is 2.38 bits per heavy atom. The summed E-state index contributed by atoms with van der Waals surface area (Å²) in [6.07, 6.45) is 12.8. The van der Waals surface area contributed by atoms with Crippen molar-refractivity contribution in [1.82, 2.24) is 5.32 Å². The Kier molecular flexibility index (Phi) is 5.18. The van der Waals surface area contributed by atoms with Crippen molar-refractivity contribution in [3.8, 4) is 5.75 Å². The highest BCUT2D eigenvalue weighted by atomic mass is 16.5. The Bertz CT molecular complexity index is 418. The minimum atomic E-state index is 0.488. The van der Waals surface area contributed by atoms with Crippen LogP contribution in [0.5, 0.6) is 5.75 Å². The second-order valence-corrected chi connectivity index (χ2v) is 6.81. The van der Waals surface area contributed by atoms with Crippen molar-refractivity contribution in [3.05, 3.63) is 29.8 Å². The van der Waals surface area contributed by atoms with Gasteiger partial charge in [-0.15, -0.1) is 0 Å². The van der Waals surface area contributed by atoms with Gasteiger partial charge in [0.2, 0.25) is 0 Å². The van der Waals surface area contributed by atoms with Crippen molar-refractivity contribution < 1.29 is 4.74 Å². The maximum atomic E-state index is 5.83.